The van der Waals surface area contributed by atoms with E-state index in [1.807, 2.05) is 0 Å². The van der Waals surface area contributed by atoms with Gasteiger partial charge in [0.1, 0.15) is 5.69 Å². The van der Waals surface area contributed by atoms with Gasteiger partial charge in [-0.05, 0) is 50.3 Å². The van der Waals surface area contributed by atoms with E-state index in [0.29, 0.717) is 24.6 Å². The van der Waals surface area contributed by atoms with E-state index in [9.17, 15) is 13.2 Å². The molecule has 2 heterocycles. The molecule has 1 saturated carbocycles. The van der Waals surface area contributed by atoms with Crippen LogP contribution in [0.4, 0.5) is 13.2 Å². The molecule has 142 valence electrons. The number of aromatic nitrogens is 3. The summed E-state index contributed by atoms with van der Waals surface area (Å²) in [7, 11) is 0. The lowest BCUT2D eigenvalue weighted by molar-refractivity contribution is -0.137. The molecule has 4 rings (SSSR count). The minimum absolute atomic E-state index is 0.0147. The first-order valence-corrected chi connectivity index (χ1v) is 9.24. The van der Waals surface area contributed by atoms with Crippen LogP contribution >= 0.6 is 0 Å². The molecule has 2 fully saturated rings. The molecular weight excluding hydrogens is 355 g/mol. The highest BCUT2D eigenvalue weighted by Gasteiger charge is 2.34. The monoisotopic (exact) mass is 375 g/mol. The summed E-state index contributed by atoms with van der Waals surface area (Å²) >= 11 is 0. The highest BCUT2D eigenvalue weighted by Crippen LogP contribution is 2.37. The van der Waals surface area contributed by atoms with Gasteiger partial charge in [0.05, 0.1) is 24.4 Å². The van der Waals surface area contributed by atoms with Crippen molar-refractivity contribution in [3.63, 3.8) is 0 Å². The van der Waals surface area contributed by atoms with Crippen LogP contribution in [0.2, 0.25) is 0 Å². The number of nitrogens with zero attached hydrogens (tertiary/aromatic N) is 3. The molecule has 4 nitrogen and oxygen atoms in total. The molecule has 7 heteroatoms. The van der Waals surface area contributed by atoms with Crippen LogP contribution in [0, 0.1) is 17.8 Å². The summed E-state index contributed by atoms with van der Waals surface area (Å²) in [5.41, 5.74) is 0.0598. The van der Waals surface area contributed by atoms with Crippen molar-refractivity contribution < 1.29 is 17.9 Å². The molecule has 0 bridgehead atoms. The Labute approximate surface area is 155 Å². The average molecular weight is 375 g/mol. The third-order valence-electron chi connectivity index (χ3n) is 4.80. The normalized spacial score (nSPS) is 20.2. The number of hydrogen-bond donors (Lipinski definition) is 0. The van der Waals surface area contributed by atoms with Gasteiger partial charge in [-0.25, -0.2) is 4.68 Å². The van der Waals surface area contributed by atoms with Crippen molar-refractivity contribution in [2.24, 2.45) is 5.92 Å². The Balaban J connectivity index is 1.62. The van der Waals surface area contributed by atoms with Crippen LogP contribution in [0.25, 0.3) is 11.3 Å². The second kappa shape index (κ2) is 7.35. The van der Waals surface area contributed by atoms with Crippen LogP contribution in [0.3, 0.4) is 0 Å². The van der Waals surface area contributed by atoms with Gasteiger partial charge in [0.15, 0.2) is 0 Å². The second-order valence-corrected chi connectivity index (χ2v) is 7.12. The Kier molecular flexibility index (Phi) is 4.92. The van der Waals surface area contributed by atoms with Crippen molar-refractivity contribution in [2.45, 2.75) is 50.9 Å². The molecule has 1 saturated heterocycles. The van der Waals surface area contributed by atoms with E-state index in [4.69, 9.17) is 4.74 Å². The first-order chi connectivity index (χ1) is 13.0. The van der Waals surface area contributed by atoms with Gasteiger partial charge in [-0.15, -0.1) is 5.10 Å². The van der Waals surface area contributed by atoms with Crippen LogP contribution in [0.1, 0.15) is 43.2 Å². The average Bonchev–Trinajstić information content (AvgIpc) is 3.37. The maximum absolute atomic E-state index is 13.5. The van der Waals surface area contributed by atoms with Gasteiger partial charge in [-0.1, -0.05) is 17.1 Å². The van der Waals surface area contributed by atoms with Crippen LogP contribution in [0.5, 0.6) is 0 Å². The molecule has 1 atom stereocenters. The smallest absolute Gasteiger partial charge is 0.376 e. The zero-order valence-electron chi connectivity index (χ0n) is 14.8. The largest absolute Gasteiger partial charge is 0.417 e. The summed E-state index contributed by atoms with van der Waals surface area (Å²) in [5, 5.41) is 7.99. The molecule has 2 aromatic rings. The molecule has 0 spiro atoms. The van der Waals surface area contributed by atoms with Gasteiger partial charge in [0.25, 0.3) is 0 Å². The summed E-state index contributed by atoms with van der Waals surface area (Å²) < 4.78 is 47.6. The fourth-order valence-corrected chi connectivity index (χ4v) is 3.17. The number of halogens is 3. The molecule has 27 heavy (non-hydrogen) atoms. The lowest BCUT2D eigenvalue weighted by atomic mass is 10.0. The van der Waals surface area contributed by atoms with Gasteiger partial charge in [0, 0.05) is 23.7 Å². The van der Waals surface area contributed by atoms with Crippen molar-refractivity contribution in [1.82, 2.24) is 15.0 Å². The Morgan fingerprint density at radius 2 is 2.04 bits per heavy atom. The van der Waals surface area contributed by atoms with Crippen LogP contribution in [0.15, 0.2) is 24.4 Å². The van der Waals surface area contributed by atoms with Gasteiger partial charge in [-0.2, -0.15) is 13.2 Å². The van der Waals surface area contributed by atoms with Gasteiger partial charge in [-0.3, -0.25) is 0 Å². The number of benzene rings is 1. The maximum atomic E-state index is 13.5. The minimum Gasteiger partial charge on any atom is -0.376 e. The first-order valence-electron chi connectivity index (χ1n) is 9.24. The first kappa shape index (κ1) is 18.1. The third-order valence-corrected chi connectivity index (χ3v) is 4.80. The second-order valence-electron chi connectivity index (χ2n) is 7.12. The van der Waals surface area contributed by atoms with Gasteiger partial charge in [0.2, 0.25) is 0 Å². The van der Waals surface area contributed by atoms with Crippen molar-refractivity contribution in [1.29, 1.82) is 0 Å². The Morgan fingerprint density at radius 1 is 1.19 bits per heavy atom. The topological polar surface area (TPSA) is 39.9 Å². The molecule has 0 N–H and O–H groups in total. The summed E-state index contributed by atoms with van der Waals surface area (Å²) in [6, 6.07) is 3.96. The number of ether oxygens (including phenoxy) is 1. The predicted octanol–water partition coefficient (Wildman–Crippen LogP) is 4.29. The fourth-order valence-electron chi connectivity index (χ4n) is 3.17. The third kappa shape index (κ3) is 4.51. The molecule has 1 aliphatic carbocycles. The lowest BCUT2D eigenvalue weighted by Gasteiger charge is -2.21. The summed E-state index contributed by atoms with van der Waals surface area (Å²) in [5.74, 6) is 6.44. The molecule has 0 radical (unpaired) electrons. The zero-order chi connectivity index (χ0) is 18.9. The van der Waals surface area contributed by atoms with E-state index in [2.05, 4.69) is 22.2 Å². The molecule has 1 unspecified atom stereocenters. The molecule has 2 aliphatic rings. The van der Waals surface area contributed by atoms with Gasteiger partial charge >= 0.3 is 6.18 Å². The van der Waals surface area contributed by atoms with Crippen molar-refractivity contribution in [3.8, 4) is 23.1 Å². The Bertz CT molecular complexity index is 869. The van der Waals surface area contributed by atoms with Crippen molar-refractivity contribution in [2.75, 3.05) is 6.61 Å². The van der Waals surface area contributed by atoms with Gasteiger partial charge < -0.3 is 4.74 Å². The summed E-state index contributed by atoms with van der Waals surface area (Å²) in [6.07, 6.45) is 2.32. The van der Waals surface area contributed by atoms with Crippen LogP contribution < -0.4 is 0 Å². The molecule has 1 aliphatic heterocycles. The van der Waals surface area contributed by atoms with E-state index in [-0.39, 0.29) is 17.4 Å². The van der Waals surface area contributed by atoms with Crippen molar-refractivity contribution >= 4 is 0 Å². The molecule has 1 aromatic carbocycles. The van der Waals surface area contributed by atoms with Crippen LogP contribution in [-0.2, 0) is 17.5 Å². The Hall–Kier alpha value is -2.33. The fraction of sp³-hybridized carbons (Fsp3) is 0.500. The molecular formula is C20H20F3N3O. The zero-order valence-corrected chi connectivity index (χ0v) is 14.8. The standard InChI is InChI=1S/C20H20F3N3O/c21-20(22,23)18-9-8-15(7-6-14-4-5-14)11-17(18)19-13-26(25-24-19)12-16-3-1-2-10-27-16/h8-9,11,13-14,16H,1-5,10,12H2. The molecule has 0 amide bonds. The van der Waals surface area contributed by atoms with Crippen molar-refractivity contribution in [3.05, 3.63) is 35.5 Å². The minimum atomic E-state index is -4.46. The number of hydrogen-bond acceptors (Lipinski definition) is 3. The predicted molar refractivity (Wildman–Crippen MR) is 93.7 cm³/mol. The SMILES string of the molecule is FC(F)(F)c1ccc(C#CC2CC2)cc1-c1cn(CC2CCCCO2)nn1. The number of rotatable bonds is 3. The van der Waals surface area contributed by atoms with E-state index in [1.54, 1.807) is 10.9 Å². The van der Waals surface area contributed by atoms with Crippen LogP contribution in [-0.4, -0.2) is 27.7 Å². The quantitative estimate of drug-likeness (QED) is 0.751. The maximum Gasteiger partial charge on any atom is 0.417 e. The number of alkyl halides is 3. The van der Waals surface area contributed by atoms with E-state index in [0.717, 1.165) is 38.2 Å². The molecule has 1 aromatic heterocycles. The highest BCUT2D eigenvalue weighted by molar-refractivity contribution is 5.66. The summed E-state index contributed by atoms with van der Waals surface area (Å²) in [4.78, 5) is 0. The lowest BCUT2D eigenvalue weighted by Crippen LogP contribution is -2.24. The summed E-state index contributed by atoms with van der Waals surface area (Å²) in [6.45, 7) is 1.21. The Morgan fingerprint density at radius 3 is 2.74 bits per heavy atom. The highest BCUT2D eigenvalue weighted by atomic mass is 19.4. The van der Waals surface area contributed by atoms with E-state index >= 15 is 0 Å². The van der Waals surface area contributed by atoms with E-state index < -0.39 is 11.7 Å². The van der Waals surface area contributed by atoms with E-state index in [1.165, 1.54) is 12.1 Å².